The summed E-state index contributed by atoms with van der Waals surface area (Å²) in [5.41, 5.74) is 3.83. The normalized spacial score (nSPS) is 16.8. The van der Waals surface area contributed by atoms with E-state index in [9.17, 15) is 4.39 Å². The van der Waals surface area contributed by atoms with Gasteiger partial charge in [0.25, 0.3) is 0 Å². The first kappa shape index (κ1) is 18.0. The largest absolute Gasteiger partial charge is 0.359 e. The topological polar surface area (TPSA) is 54.8 Å². The third-order valence-corrected chi connectivity index (χ3v) is 5.68. The Morgan fingerprint density at radius 2 is 2.07 bits per heavy atom. The Morgan fingerprint density at radius 1 is 1.26 bits per heavy atom. The minimum absolute atomic E-state index is 0.109. The van der Waals surface area contributed by atoms with E-state index in [-0.39, 0.29) is 11.3 Å². The molecule has 0 fully saturated rings. The number of nitrogens with zero attached hydrogens (tertiary/aromatic N) is 3. The van der Waals surface area contributed by atoms with Gasteiger partial charge < -0.3 is 5.32 Å². The van der Waals surface area contributed by atoms with Crippen LogP contribution in [0, 0.1) is 5.82 Å². The number of aromatic nitrogens is 3. The Labute approximate surface area is 162 Å². The zero-order valence-corrected chi connectivity index (χ0v) is 16.3. The molecule has 2 N–H and O–H groups in total. The maximum atomic E-state index is 14.3. The number of hydrogen-bond donors (Lipinski definition) is 2. The second-order valence-corrected chi connectivity index (χ2v) is 7.81. The molecule has 3 heterocycles. The zero-order valence-electron chi connectivity index (χ0n) is 15.5. The van der Waals surface area contributed by atoms with Crippen molar-refractivity contribution in [2.24, 2.45) is 7.05 Å². The van der Waals surface area contributed by atoms with Gasteiger partial charge >= 0.3 is 0 Å². The molecule has 140 valence electrons. The van der Waals surface area contributed by atoms with Gasteiger partial charge in [-0.05, 0) is 37.6 Å². The van der Waals surface area contributed by atoms with Crippen molar-refractivity contribution >= 4 is 17.4 Å². The highest BCUT2D eigenvalue weighted by atomic mass is 32.2. The maximum Gasteiger partial charge on any atom is 0.132 e. The molecule has 0 amide bonds. The van der Waals surface area contributed by atoms with E-state index in [1.165, 1.54) is 6.07 Å². The Bertz CT molecular complexity index is 971. The smallest absolute Gasteiger partial charge is 0.132 e. The summed E-state index contributed by atoms with van der Waals surface area (Å²) >= 11 is 1.67. The highest BCUT2D eigenvalue weighted by molar-refractivity contribution is 8.00. The van der Waals surface area contributed by atoms with Crippen LogP contribution in [-0.2, 0) is 7.05 Å². The molecule has 27 heavy (non-hydrogen) atoms. The van der Waals surface area contributed by atoms with Crippen molar-refractivity contribution in [2.45, 2.75) is 36.8 Å². The molecule has 7 heteroatoms. The fourth-order valence-electron chi connectivity index (χ4n) is 3.05. The first-order chi connectivity index (χ1) is 13.0. The number of thioether (sulfide) groups is 1. The summed E-state index contributed by atoms with van der Waals surface area (Å²) in [7, 11) is 1.84. The maximum absolute atomic E-state index is 14.3. The van der Waals surface area contributed by atoms with Gasteiger partial charge in [0, 0.05) is 30.4 Å². The zero-order chi connectivity index (χ0) is 19.0. The molecule has 1 unspecified atom stereocenters. The fourth-order valence-corrected chi connectivity index (χ4v) is 4.17. The molecule has 1 aliphatic rings. The standard InChI is InChI=1S/C20H22FN5S/c1-4-12(2)22-20-24-17-10-9-16(23-19(17)27-20)14-11-26(3)25-18(14)13-7-5-6-8-15(13)21/h5-12,20,22,24H,4H2,1-3H3/t12-,20?/m0/s1. The lowest BCUT2D eigenvalue weighted by Gasteiger charge is -2.17. The van der Waals surface area contributed by atoms with Crippen molar-refractivity contribution in [3.05, 3.63) is 48.4 Å². The highest BCUT2D eigenvalue weighted by Crippen LogP contribution is 2.39. The Hall–Kier alpha value is -2.38. The van der Waals surface area contributed by atoms with Crippen molar-refractivity contribution in [2.75, 3.05) is 5.32 Å². The van der Waals surface area contributed by atoms with Crippen LogP contribution in [0.25, 0.3) is 22.5 Å². The first-order valence-electron chi connectivity index (χ1n) is 9.04. The molecule has 0 saturated carbocycles. The molecule has 0 bridgehead atoms. The van der Waals surface area contributed by atoms with Crippen LogP contribution in [0.4, 0.5) is 10.1 Å². The van der Waals surface area contributed by atoms with Crippen molar-refractivity contribution in [1.82, 2.24) is 20.1 Å². The van der Waals surface area contributed by atoms with Gasteiger partial charge in [-0.15, -0.1) is 0 Å². The number of rotatable bonds is 5. The molecule has 2 atom stereocenters. The number of halogens is 1. The predicted molar refractivity (Wildman–Crippen MR) is 108 cm³/mol. The summed E-state index contributed by atoms with van der Waals surface area (Å²) in [5.74, 6) is -0.285. The van der Waals surface area contributed by atoms with Gasteiger partial charge in [0.2, 0.25) is 0 Å². The Balaban J connectivity index is 1.68. The van der Waals surface area contributed by atoms with E-state index in [0.29, 0.717) is 17.3 Å². The predicted octanol–water partition coefficient (Wildman–Crippen LogP) is 4.48. The third-order valence-electron chi connectivity index (χ3n) is 4.66. The van der Waals surface area contributed by atoms with Gasteiger partial charge in [-0.1, -0.05) is 30.8 Å². The SMILES string of the molecule is CC[C@H](C)NC1Nc2ccc(-c3cn(C)nc3-c3ccccc3F)nc2S1. The van der Waals surface area contributed by atoms with Crippen LogP contribution in [0.15, 0.2) is 47.6 Å². The molecule has 2 aromatic heterocycles. The quantitative estimate of drug-likeness (QED) is 0.680. The summed E-state index contributed by atoms with van der Waals surface area (Å²) in [4.78, 5) is 4.82. The van der Waals surface area contributed by atoms with E-state index in [1.807, 2.05) is 31.4 Å². The number of hydrogen-bond acceptors (Lipinski definition) is 5. The monoisotopic (exact) mass is 383 g/mol. The van der Waals surface area contributed by atoms with Gasteiger partial charge in [0.05, 0.1) is 11.4 Å². The number of pyridine rings is 1. The fraction of sp³-hybridized carbons (Fsp3) is 0.300. The van der Waals surface area contributed by atoms with E-state index in [2.05, 4.69) is 29.6 Å². The molecule has 0 radical (unpaired) electrons. The number of nitrogens with one attached hydrogen (secondary N) is 2. The molecule has 5 nitrogen and oxygen atoms in total. The third kappa shape index (κ3) is 3.57. The highest BCUT2D eigenvalue weighted by Gasteiger charge is 2.25. The van der Waals surface area contributed by atoms with Crippen LogP contribution in [0.3, 0.4) is 0 Å². The molecule has 1 aliphatic heterocycles. The van der Waals surface area contributed by atoms with Crippen LogP contribution in [0.5, 0.6) is 0 Å². The second-order valence-electron chi connectivity index (χ2n) is 6.71. The van der Waals surface area contributed by atoms with Gasteiger partial charge in [-0.3, -0.25) is 10.00 Å². The molecule has 3 aromatic rings. The second kappa shape index (κ2) is 7.32. The number of aryl methyl sites for hydroxylation is 1. The van der Waals surface area contributed by atoms with E-state index in [0.717, 1.165) is 28.4 Å². The average Bonchev–Trinajstić information content (AvgIpc) is 3.23. The van der Waals surface area contributed by atoms with Crippen molar-refractivity contribution < 1.29 is 4.39 Å². The molecule has 0 saturated heterocycles. The summed E-state index contributed by atoms with van der Waals surface area (Å²) < 4.78 is 16.0. The summed E-state index contributed by atoms with van der Waals surface area (Å²) in [6.07, 6.45) is 2.95. The number of benzene rings is 1. The van der Waals surface area contributed by atoms with Crippen molar-refractivity contribution in [3.63, 3.8) is 0 Å². The number of fused-ring (bicyclic) bond motifs is 1. The molecule has 1 aromatic carbocycles. The summed E-state index contributed by atoms with van der Waals surface area (Å²) in [6, 6.07) is 11.1. The minimum Gasteiger partial charge on any atom is -0.359 e. The first-order valence-corrected chi connectivity index (χ1v) is 9.92. The van der Waals surface area contributed by atoms with Crippen LogP contribution in [0.1, 0.15) is 20.3 Å². The Morgan fingerprint density at radius 3 is 2.85 bits per heavy atom. The van der Waals surface area contributed by atoms with E-state index in [1.54, 1.807) is 28.6 Å². The van der Waals surface area contributed by atoms with Crippen LogP contribution in [0.2, 0.25) is 0 Å². The summed E-state index contributed by atoms with van der Waals surface area (Å²) in [5, 5.41) is 12.4. The van der Waals surface area contributed by atoms with E-state index >= 15 is 0 Å². The minimum atomic E-state index is -0.285. The van der Waals surface area contributed by atoms with Gasteiger partial charge in [-0.25, -0.2) is 9.37 Å². The Kier molecular flexibility index (Phi) is 4.88. The van der Waals surface area contributed by atoms with Gasteiger partial charge in [0.1, 0.15) is 22.0 Å². The van der Waals surface area contributed by atoms with Crippen LogP contribution < -0.4 is 10.6 Å². The van der Waals surface area contributed by atoms with Gasteiger partial charge in [0.15, 0.2) is 0 Å². The lowest BCUT2D eigenvalue weighted by molar-refractivity contribution is 0.540. The average molecular weight is 383 g/mol. The molecule has 0 spiro atoms. The van der Waals surface area contributed by atoms with Crippen molar-refractivity contribution in [3.8, 4) is 22.5 Å². The molecule has 0 aliphatic carbocycles. The molecular weight excluding hydrogens is 361 g/mol. The van der Waals surface area contributed by atoms with Crippen LogP contribution in [-0.4, -0.2) is 26.3 Å². The molecule has 4 rings (SSSR count). The van der Waals surface area contributed by atoms with Gasteiger partial charge in [-0.2, -0.15) is 5.10 Å². The van der Waals surface area contributed by atoms with Crippen LogP contribution >= 0.6 is 11.8 Å². The van der Waals surface area contributed by atoms with E-state index in [4.69, 9.17) is 4.98 Å². The molecular formula is C20H22FN5S. The summed E-state index contributed by atoms with van der Waals surface area (Å²) in [6.45, 7) is 4.33. The number of anilines is 1. The lowest BCUT2D eigenvalue weighted by Crippen LogP contribution is -2.37. The van der Waals surface area contributed by atoms with Crippen molar-refractivity contribution in [1.29, 1.82) is 0 Å². The lowest BCUT2D eigenvalue weighted by atomic mass is 10.1. The van der Waals surface area contributed by atoms with E-state index < -0.39 is 0 Å².